The van der Waals surface area contributed by atoms with Gasteiger partial charge in [0, 0.05) is 12.3 Å². The zero-order valence-corrected chi connectivity index (χ0v) is 13.9. The van der Waals surface area contributed by atoms with Gasteiger partial charge in [-0.2, -0.15) is 17.9 Å². The van der Waals surface area contributed by atoms with Crippen LogP contribution in [0.3, 0.4) is 0 Å². The van der Waals surface area contributed by atoms with E-state index in [0.717, 1.165) is 24.4 Å². The zero-order chi connectivity index (χ0) is 19.3. The van der Waals surface area contributed by atoms with Crippen LogP contribution in [0.25, 0.3) is 11.5 Å². The first-order valence-electron chi connectivity index (χ1n) is 7.15. The summed E-state index contributed by atoms with van der Waals surface area (Å²) in [6.45, 7) is 1.35. The predicted octanol–water partition coefficient (Wildman–Crippen LogP) is 1.40. The first-order valence-corrected chi connectivity index (χ1v) is 8.80. The van der Waals surface area contributed by atoms with Gasteiger partial charge >= 0.3 is 11.9 Å². The van der Waals surface area contributed by atoms with Crippen LogP contribution in [0.5, 0.6) is 5.75 Å². The number of aromatic hydroxyl groups is 1. The molecule has 3 heterocycles. The summed E-state index contributed by atoms with van der Waals surface area (Å²) in [5.41, 5.74) is -2.22. The second-order valence-corrected chi connectivity index (χ2v) is 7.50. The molecule has 0 radical (unpaired) electrons. The largest absolute Gasteiger partial charge is 0.506 e. The van der Waals surface area contributed by atoms with Crippen LogP contribution in [-0.4, -0.2) is 38.4 Å². The minimum absolute atomic E-state index is 0.127. The van der Waals surface area contributed by atoms with Crippen LogP contribution in [-0.2, 0) is 16.0 Å². The normalized spacial score (nSPS) is 12.6. The molecule has 3 aromatic rings. The Hall–Kier alpha value is -2.89. The maximum atomic E-state index is 12.8. The molecule has 0 saturated carbocycles. The molecular formula is C14H11F3N4O4S. The van der Waals surface area contributed by atoms with Gasteiger partial charge < -0.3 is 5.11 Å². The van der Waals surface area contributed by atoms with E-state index in [4.69, 9.17) is 0 Å². The number of fused-ring (bicyclic) bond motifs is 1. The minimum Gasteiger partial charge on any atom is -0.506 e. The highest BCUT2D eigenvalue weighted by molar-refractivity contribution is 7.91. The van der Waals surface area contributed by atoms with Crippen LogP contribution in [0.1, 0.15) is 12.5 Å². The summed E-state index contributed by atoms with van der Waals surface area (Å²) in [6.07, 6.45) is -3.19. The second kappa shape index (κ2) is 5.83. The molecule has 0 fully saturated rings. The molecule has 0 aliphatic carbocycles. The summed E-state index contributed by atoms with van der Waals surface area (Å²) in [7, 11) is -3.90. The lowest BCUT2D eigenvalue weighted by atomic mass is 10.3. The van der Waals surface area contributed by atoms with Crippen LogP contribution in [0.2, 0.25) is 0 Å². The highest BCUT2D eigenvalue weighted by Gasteiger charge is 2.31. The number of aromatic nitrogens is 4. The van der Waals surface area contributed by atoms with E-state index in [1.54, 1.807) is 0 Å². The lowest BCUT2D eigenvalue weighted by Crippen LogP contribution is -2.23. The molecule has 12 heteroatoms. The molecule has 8 nitrogen and oxygen atoms in total. The third-order valence-electron chi connectivity index (χ3n) is 3.58. The fourth-order valence-electron chi connectivity index (χ4n) is 2.25. The van der Waals surface area contributed by atoms with Crippen molar-refractivity contribution in [3.05, 3.63) is 46.6 Å². The van der Waals surface area contributed by atoms with E-state index in [1.807, 2.05) is 0 Å². The second-order valence-electron chi connectivity index (χ2n) is 5.26. The fraction of sp³-hybridized carbons (Fsp3) is 0.214. The molecule has 0 spiro atoms. The average molecular weight is 388 g/mol. The molecule has 26 heavy (non-hydrogen) atoms. The van der Waals surface area contributed by atoms with Crippen molar-refractivity contribution in [3.8, 4) is 11.6 Å². The molecule has 3 rings (SSSR count). The number of alkyl halides is 3. The highest BCUT2D eigenvalue weighted by atomic mass is 32.2. The summed E-state index contributed by atoms with van der Waals surface area (Å²) in [4.78, 5) is 15.7. The molecule has 1 N–H and O–H groups in total. The van der Waals surface area contributed by atoms with Gasteiger partial charge in [-0.3, -0.25) is 0 Å². The highest BCUT2D eigenvalue weighted by Crippen LogP contribution is 2.29. The molecular weight excluding hydrogens is 377 g/mol. The van der Waals surface area contributed by atoms with Crippen LogP contribution in [0, 0.1) is 0 Å². The molecule has 0 saturated heterocycles. The van der Waals surface area contributed by atoms with Crippen molar-refractivity contribution in [1.82, 2.24) is 19.2 Å². The number of halogens is 3. The molecule has 0 bridgehead atoms. The van der Waals surface area contributed by atoms with Crippen molar-refractivity contribution >= 4 is 15.5 Å². The quantitative estimate of drug-likeness (QED) is 0.727. The standard InChI is InChI=1S/C14H11F3N4O4S/c1-2-26(24,25)10-5-9(22)6-18-12(10)21-13(23)20-7-8(14(15,16)17)3-4-11(20)19-21/h3-7,22H,2H2,1H3. The Labute approximate surface area is 144 Å². The van der Waals surface area contributed by atoms with Gasteiger partial charge in [0.05, 0.1) is 17.5 Å². The summed E-state index contributed by atoms with van der Waals surface area (Å²) in [6, 6.07) is 2.63. The number of rotatable bonds is 3. The van der Waals surface area contributed by atoms with Gasteiger partial charge in [-0.25, -0.2) is 22.6 Å². The van der Waals surface area contributed by atoms with Gasteiger partial charge in [-0.15, -0.1) is 5.10 Å². The van der Waals surface area contributed by atoms with Crippen LogP contribution >= 0.6 is 0 Å². The van der Waals surface area contributed by atoms with Crippen LogP contribution in [0.4, 0.5) is 13.2 Å². The molecule has 0 aliphatic heterocycles. The number of hydrogen-bond donors (Lipinski definition) is 1. The van der Waals surface area contributed by atoms with E-state index in [1.165, 1.54) is 6.92 Å². The molecule has 0 aromatic carbocycles. The SMILES string of the molecule is CCS(=O)(=O)c1cc(O)cnc1-n1nc2ccc(C(F)(F)F)cn2c1=O. The van der Waals surface area contributed by atoms with Crippen LogP contribution < -0.4 is 5.69 Å². The van der Waals surface area contributed by atoms with Crippen molar-refractivity contribution in [2.45, 2.75) is 18.0 Å². The molecule has 0 aliphatic rings. The van der Waals surface area contributed by atoms with Gasteiger partial charge in [-0.05, 0) is 12.1 Å². The summed E-state index contributed by atoms with van der Waals surface area (Å²) < 4.78 is 64.1. The van der Waals surface area contributed by atoms with E-state index >= 15 is 0 Å². The Morgan fingerprint density at radius 1 is 1.27 bits per heavy atom. The fourth-order valence-corrected chi connectivity index (χ4v) is 3.28. The molecule has 0 atom stereocenters. The Morgan fingerprint density at radius 2 is 1.96 bits per heavy atom. The average Bonchev–Trinajstić information content (AvgIpc) is 2.90. The molecule has 0 unspecified atom stereocenters. The number of nitrogens with zero attached hydrogens (tertiary/aromatic N) is 4. The lowest BCUT2D eigenvalue weighted by molar-refractivity contribution is -0.137. The minimum atomic E-state index is -4.66. The zero-order valence-electron chi connectivity index (χ0n) is 13.1. The van der Waals surface area contributed by atoms with Gasteiger partial charge in [0.2, 0.25) is 0 Å². The Bertz CT molecular complexity index is 1170. The first kappa shape index (κ1) is 17.9. The van der Waals surface area contributed by atoms with Gasteiger partial charge in [0.1, 0.15) is 10.6 Å². The Morgan fingerprint density at radius 3 is 2.58 bits per heavy atom. The predicted molar refractivity (Wildman–Crippen MR) is 83.0 cm³/mol. The van der Waals surface area contributed by atoms with Crippen molar-refractivity contribution in [1.29, 1.82) is 0 Å². The third kappa shape index (κ3) is 2.92. The van der Waals surface area contributed by atoms with Gasteiger partial charge in [0.15, 0.2) is 21.3 Å². The molecule has 138 valence electrons. The number of sulfone groups is 1. The van der Waals surface area contributed by atoms with E-state index in [-0.39, 0.29) is 11.4 Å². The van der Waals surface area contributed by atoms with Crippen LogP contribution in [0.15, 0.2) is 40.3 Å². The topological polar surface area (TPSA) is 107 Å². The Balaban J connectivity index is 2.31. The third-order valence-corrected chi connectivity index (χ3v) is 5.31. The summed E-state index contributed by atoms with van der Waals surface area (Å²) in [5.74, 6) is -1.20. The molecule has 0 amide bonds. The van der Waals surface area contributed by atoms with E-state index < -0.39 is 43.7 Å². The maximum absolute atomic E-state index is 12.8. The van der Waals surface area contributed by atoms with Crippen molar-refractivity contribution < 1.29 is 26.7 Å². The van der Waals surface area contributed by atoms with Crippen molar-refractivity contribution in [3.63, 3.8) is 0 Å². The van der Waals surface area contributed by atoms with Crippen molar-refractivity contribution in [2.75, 3.05) is 5.75 Å². The number of hydrogen-bond acceptors (Lipinski definition) is 6. The first-order chi connectivity index (χ1) is 12.0. The van der Waals surface area contributed by atoms with Gasteiger partial charge in [-0.1, -0.05) is 6.92 Å². The van der Waals surface area contributed by atoms with E-state index in [2.05, 4.69) is 10.1 Å². The number of pyridine rings is 2. The monoisotopic (exact) mass is 388 g/mol. The van der Waals surface area contributed by atoms with Gasteiger partial charge in [0.25, 0.3) is 0 Å². The van der Waals surface area contributed by atoms with E-state index in [0.29, 0.717) is 15.3 Å². The van der Waals surface area contributed by atoms with E-state index in [9.17, 15) is 31.5 Å². The lowest BCUT2D eigenvalue weighted by Gasteiger charge is -2.07. The van der Waals surface area contributed by atoms with Crippen molar-refractivity contribution in [2.24, 2.45) is 0 Å². The maximum Gasteiger partial charge on any atom is 0.417 e. The molecule has 3 aromatic heterocycles. The summed E-state index contributed by atoms with van der Waals surface area (Å²) >= 11 is 0. The summed E-state index contributed by atoms with van der Waals surface area (Å²) in [5, 5.41) is 13.3. The smallest absolute Gasteiger partial charge is 0.417 e. The Kier molecular flexibility index (Phi) is 4.02.